The second-order valence-electron chi connectivity index (χ2n) is 6.83. The first-order chi connectivity index (χ1) is 13.4. The molecule has 4 heterocycles. The fourth-order valence-corrected chi connectivity index (χ4v) is 4.48. The lowest BCUT2D eigenvalue weighted by Gasteiger charge is -2.37. The summed E-state index contributed by atoms with van der Waals surface area (Å²) in [5, 5.41) is 8.56. The molecule has 0 amide bonds. The molecule has 0 N–H and O–H groups in total. The average molecular weight is 396 g/mol. The van der Waals surface area contributed by atoms with Crippen molar-refractivity contribution in [3.63, 3.8) is 0 Å². The molecule has 0 bridgehead atoms. The average Bonchev–Trinajstić information content (AvgIpc) is 3.20. The molecular formula is C19H20N6O2S. The predicted octanol–water partition coefficient (Wildman–Crippen LogP) is 2.57. The molecule has 3 aromatic heterocycles. The van der Waals surface area contributed by atoms with Crippen molar-refractivity contribution in [1.29, 1.82) is 0 Å². The summed E-state index contributed by atoms with van der Waals surface area (Å²) in [7, 11) is 1.97. The minimum Gasteiger partial charge on any atom is -0.399 e. The second-order valence-corrected chi connectivity index (χ2v) is 8.90. The molecule has 0 saturated heterocycles. The number of fused-ring (bicyclic) bond motifs is 1. The van der Waals surface area contributed by atoms with Crippen LogP contribution in [0, 0.1) is 0 Å². The van der Waals surface area contributed by atoms with Crippen LogP contribution >= 0.6 is 0 Å². The lowest BCUT2D eigenvalue weighted by atomic mass is 10.0. The highest BCUT2D eigenvalue weighted by atomic mass is 32.2. The largest absolute Gasteiger partial charge is 0.399 e. The highest BCUT2D eigenvalue weighted by Crippen LogP contribution is 2.36. The van der Waals surface area contributed by atoms with Crippen molar-refractivity contribution in [1.82, 2.24) is 19.7 Å². The molecule has 0 saturated carbocycles. The summed E-state index contributed by atoms with van der Waals surface area (Å²) < 4.78 is 15.6. The molecule has 4 rings (SSSR count). The fraction of sp³-hybridized carbons (Fsp3) is 0.263. The number of aromatic nitrogens is 4. The number of nitrogens with zero attached hydrogens (tertiary/aromatic N) is 6. The molecule has 28 heavy (non-hydrogen) atoms. The number of hydrogen-bond donors (Lipinski definition) is 0. The first-order valence-electron chi connectivity index (χ1n) is 8.67. The third-order valence-corrected chi connectivity index (χ3v) is 6.43. The molecule has 1 aliphatic heterocycles. The van der Waals surface area contributed by atoms with Crippen molar-refractivity contribution in [2.45, 2.75) is 18.6 Å². The summed E-state index contributed by atoms with van der Waals surface area (Å²) in [6, 6.07) is 7.58. The van der Waals surface area contributed by atoms with Crippen molar-refractivity contribution in [3.8, 4) is 16.9 Å². The number of pyridine rings is 2. The Bertz CT molecular complexity index is 1080. The first-order valence-corrected chi connectivity index (χ1v) is 9.78. The summed E-state index contributed by atoms with van der Waals surface area (Å²) in [6.45, 7) is 3.74. The third-order valence-electron chi connectivity index (χ3n) is 4.66. The van der Waals surface area contributed by atoms with Crippen molar-refractivity contribution in [3.05, 3.63) is 54.7 Å². The zero-order valence-electron chi connectivity index (χ0n) is 16.0. The van der Waals surface area contributed by atoms with Gasteiger partial charge < -0.3 is 4.84 Å². The summed E-state index contributed by atoms with van der Waals surface area (Å²) in [5.74, 6) is 0. The van der Waals surface area contributed by atoms with Crippen LogP contribution in [0.25, 0.3) is 16.9 Å². The third kappa shape index (κ3) is 2.88. The Morgan fingerprint density at radius 1 is 1.21 bits per heavy atom. The molecule has 0 aliphatic carbocycles. The molecule has 3 aromatic rings. The number of hydrogen-bond acceptors (Lipinski definition) is 6. The van der Waals surface area contributed by atoms with Gasteiger partial charge in [0.2, 0.25) is 0 Å². The Labute approximate surface area is 165 Å². The molecule has 8 nitrogen and oxygen atoms in total. The molecule has 144 valence electrons. The first kappa shape index (κ1) is 18.3. The van der Waals surface area contributed by atoms with Crippen molar-refractivity contribution >= 4 is 22.4 Å². The van der Waals surface area contributed by atoms with Crippen molar-refractivity contribution in [2.75, 3.05) is 18.5 Å². The molecule has 0 fully saturated rings. The quantitative estimate of drug-likeness (QED) is 0.635. The van der Waals surface area contributed by atoms with E-state index in [9.17, 15) is 4.21 Å². The van der Waals surface area contributed by atoms with E-state index in [-0.39, 0.29) is 0 Å². The molecule has 1 atom stereocenters. The topological polar surface area (TPSA) is 85.5 Å². The number of oxime groups is 1. The van der Waals surface area contributed by atoms with E-state index >= 15 is 0 Å². The highest BCUT2D eigenvalue weighted by Gasteiger charge is 2.44. The maximum atomic E-state index is 12.9. The Hall–Kier alpha value is -3.07. The Balaban J connectivity index is 1.81. The monoisotopic (exact) mass is 396 g/mol. The molecular weight excluding hydrogens is 376 g/mol. The number of anilines is 1. The van der Waals surface area contributed by atoms with Gasteiger partial charge in [0.15, 0.2) is 0 Å². The van der Waals surface area contributed by atoms with Gasteiger partial charge in [-0.2, -0.15) is 5.10 Å². The lowest BCUT2D eigenvalue weighted by Crippen LogP contribution is -2.49. The van der Waals surface area contributed by atoms with Crippen LogP contribution in [0.4, 0.5) is 5.69 Å². The summed E-state index contributed by atoms with van der Waals surface area (Å²) in [4.78, 5) is 14.0. The highest BCUT2D eigenvalue weighted by molar-refractivity contribution is 7.88. The van der Waals surface area contributed by atoms with Gasteiger partial charge in [-0.15, -0.1) is 0 Å². The molecule has 0 radical (unpaired) electrons. The summed E-state index contributed by atoms with van der Waals surface area (Å²) in [6.07, 6.45) is 7.12. The zero-order valence-corrected chi connectivity index (χ0v) is 16.8. The minimum absolute atomic E-state index is 0.558. The maximum absolute atomic E-state index is 12.9. The Morgan fingerprint density at radius 2 is 2.04 bits per heavy atom. The van der Waals surface area contributed by atoms with Crippen LogP contribution in [-0.4, -0.2) is 48.6 Å². The van der Waals surface area contributed by atoms with Gasteiger partial charge in [0.05, 0.1) is 29.5 Å². The Kier molecular flexibility index (Phi) is 4.46. The minimum atomic E-state index is -1.30. The smallest absolute Gasteiger partial charge is 0.131 e. The van der Waals surface area contributed by atoms with E-state index in [0.717, 1.165) is 22.6 Å². The van der Waals surface area contributed by atoms with E-state index in [1.807, 2.05) is 44.3 Å². The predicted molar refractivity (Wildman–Crippen MR) is 109 cm³/mol. The van der Waals surface area contributed by atoms with Crippen molar-refractivity contribution < 1.29 is 9.05 Å². The van der Waals surface area contributed by atoms with Crippen molar-refractivity contribution in [2.24, 2.45) is 5.16 Å². The van der Waals surface area contributed by atoms with Gasteiger partial charge in [-0.3, -0.25) is 9.29 Å². The van der Waals surface area contributed by atoms with Crippen LogP contribution in [0.3, 0.4) is 0 Å². The Morgan fingerprint density at radius 3 is 2.75 bits per heavy atom. The van der Waals surface area contributed by atoms with Gasteiger partial charge in [0, 0.05) is 25.0 Å². The standard InChI is InChI=1S/C19H20N6O2S/c1-19(2)18(23-27-4)17-16(24(3)28(19)26)8-7-15(22-17)13-10-21-25(12-13)14-6-5-9-20-11-14/h5-12H,1-4H3/b23-18-. The van der Waals surface area contributed by atoms with E-state index in [1.54, 1.807) is 34.6 Å². The fourth-order valence-electron chi connectivity index (χ4n) is 3.17. The van der Waals surface area contributed by atoms with Gasteiger partial charge in [-0.1, -0.05) is 5.16 Å². The SMILES string of the molecule is CO/N=C1/c2nc(-c3cnn(-c4cccnc4)c3)ccc2N(C)S(=O)C1(C)C. The van der Waals surface area contributed by atoms with Crippen LogP contribution in [0.15, 0.2) is 54.2 Å². The molecule has 1 aliphatic rings. The molecule has 0 spiro atoms. The normalized spacial score (nSPS) is 19.5. The van der Waals surface area contributed by atoms with Crippen LogP contribution in [0.2, 0.25) is 0 Å². The molecule has 1 unspecified atom stereocenters. The van der Waals surface area contributed by atoms with E-state index in [4.69, 9.17) is 9.82 Å². The molecule has 9 heteroatoms. The van der Waals surface area contributed by atoms with Gasteiger partial charge in [-0.05, 0) is 38.1 Å². The van der Waals surface area contributed by atoms with Gasteiger partial charge in [-0.25, -0.2) is 13.9 Å². The van der Waals surface area contributed by atoms with E-state index in [1.165, 1.54) is 7.11 Å². The van der Waals surface area contributed by atoms with Crippen LogP contribution in [0.5, 0.6) is 0 Å². The van der Waals surface area contributed by atoms with E-state index in [0.29, 0.717) is 11.4 Å². The molecule has 0 aromatic carbocycles. The van der Waals surface area contributed by atoms with Gasteiger partial charge in [0.1, 0.15) is 34.2 Å². The van der Waals surface area contributed by atoms with Gasteiger partial charge in [0.25, 0.3) is 0 Å². The number of rotatable bonds is 3. The zero-order chi connectivity index (χ0) is 19.9. The summed E-state index contributed by atoms with van der Waals surface area (Å²) >= 11 is 0. The summed E-state index contributed by atoms with van der Waals surface area (Å²) in [5.41, 5.74) is 4.43. The van der Waals surface area contributed by atoms with Crippen LogP contribution in [0.1, 0.15) is 19.5 Å². The lowest BCUT2D eigenvalue weighted by molar-refractivity contribution is 0.212. The van der Waals surface area contributed by atoms with Crippen LogP contribution < -0.4 is 4.31 Å². The second kappa shape index (κ2) is 6.83. The van der Waals surface area contributed by atoms with E-state index in [2.05, 4.69) is 15.2 Å². The van der Waals surface area contributed by atoms with Crippen LogP contribution in [-0.2, 0) is 15.8 Å². The maximum Gasteiger partial charge on any atom is 0.131 e. The van der Waals surface area contributed by atoms with Gasteiger partial charge >= 0.3 is 0 Å². The van der Waals surface area contributed by atoms with E-state index < -0.39 is 15.7 Å².